The third-order valence-corrected chi connectivity index (χ3v) is 4.15. The van der Waals surface area contributed by atoms with E-state index in [1.807, 2.05) is 12.1 Å². The van der Waals surface area contributed by atoms with Crippen molar-refractivity contribution in [3.05, 3.63) is 34.3 Å². The van der Waals surface area contributed by atoms with Crippen LogP contribution < -0.4 is 16.2 Å². The maximum absolute atomic E-state index is 12.0. The summed E-state index contributed by atoms with van der Waals surface area (Å²) in [5.41, 5.74) is 4.41. The number of rotatable bonds is 5. The molecule has 0 saturated carbocycles. The van der Waals surface area contributed by atoms with Gasteiger partial charge in [-0.3, -0.25) is 30.1 Å². The highest BCUT2D eigenvalue weighted by Crippen LogP contribution is 2.16. The van der Waals surface area contributed by atoms with E-state index in [-0.39, 0.29) is 31.2 Å². The predicted molar refractivity (Wildman–Crippen MR) is 93.1 cm³/mol. The average molecular weight is 411 g/mol. The summed E-state index contributed by atoms with van der Waals surface area (Å²) in [6, 6.07) is 6.71. The van der Waals surface area contributed by atoms with E-state index < -0.39 is 17.5 Å². The molecule has 0 aliphatic carbocycles. The summed E-state index contributed by atoms with van der Waals surface area (Å²) in [6.07, 6.45) is 0.0164. The smallest absolute Gasteiger partial charge is 0.324 e. The summed E-state index contributed by atoms with van der Waals surface area (Å²) in [5.74, 6) is -1.24. The fraction of sp³-hybridized carbons (Fsp3) is 0.375. The molecule has 0 unspecified atom stereocenters. The van der Waals surface area contributed by atoms with Gasteiger partial charge in [-0.1, -0.05) is 28.1 Å². The molecule has 3 N–H and O–H groups in total. The number of halogens is 1. The molecule has 1 fully saturated rings. The molecular weight excluding hydrogens is 392 g/mol. The van der Waals surface area contributed by atoms with E-state index in [0.29, 0.717) is 0 Å². The first-order chi connectivity index (χ1) is 11.7. The molecular formula is C16H19BrN4O4. The highest BCUT2D eigenvalue weighted by atomic mass is 79.9. The second-order valence-corrected chi connectivity index (χ2v) is 7.08. The number of amides is 5. The lowest BCUT2D eigenvalue weighted by Crippen LogP contribution is -2.44. The lowest BCUT2D eigenvalue weighted by atomic mass is 10.1. The molecule has 25 heavy (non-hydrogen) atoms. The van der Waals surface area contributed by atoms with Gasteiger partial charge in [-0.15, -0.1) is 0 Å². The molecule has 5 amide bonds. The summed E-state index contributed by atoms with van der Waals surface area (Å²) >= 11 is 3.31. The Morgan fingerprint density at radius 1 is 1.12 bits per heavy atom. The summed E-state index contributed by atoms with van der Waals surface area (Å²) in [6.45, 7) is 3.13. The fourth-order valence-electron chi connectivity index (χ4n) is 2.27. The molecule has 0 aromatic heterocycles. The quantitative estimate of drug-likeness (QED) is 0.494. The Hall–Kier alpha value is -2.42. The molecule has 1 aromatic carbocycles. The number of nitrogens with zero attached hydrogens (tertiary/aromatic N) is 1. The topological polar surface area (TPSA) is 108 Å². The molecule has 1 aromatic rings. The second kappa shape index (κ2) is 7.64. The maximum Gasteiger partial charge on any atom is 0.325 e. The second-order valence-electron chi connectivity index (χ2n) is 6.16. The minimum Gasteiger partial charge on any atom is -0.324 e. The van der Waals surface area contributed by atoms with Crippen molar-refractivity contribution in [3.8, 4) is 0 Å². The number of carbonyl (C=O) groups excluding carboxylic acids is 4. The number of imide groups is 1. The number of carbonyl (C=O) groups is 4. The van der Waals surface area contributed by atoms with Crippen molar-refractivity contribution >= 4 is 39.7 Å². The van der Waals surface area contributed by atoms with Crippen molar-refractivity contribution in [1.29, 1.82) is 0 Å². The Balaban J connectivity index is 1.73. The molecule has 8 nitrogen and oxygen atoms in total. The Labute approximate surface area is 153 Å². The van der Waals surface area contributed by atoms with Crippen molar-refractivity contribution < 1.29 is 19.2 Å². The van der Waals surface area contributed by atoms with Gasteiger partial charge >= 0.3 is 6.03 Å². The van der Waals surface area contributed by atoms with Crippen molar-refractivity contribution in [1.82, 2.24) is 21.1 Å². The van der Waals surface area contributed by atoms with Crippen LogP contribution in [0, 0.1) is 0 Å². The van der Waals surface area contributed by atoms with Gasteiger partial charge in [0.15, 0.2) is 0 Å². The lowest BCUT2D eigenvalue weighted by Gasteiger charge is -2.15. The molecule has 0 radical (unpaired) electrons. The minimum atomic E-state index is -0.966. The predicted octanol–water partition coefficient (Wildman–Crippen LogP) is 0.860. The molecule has 1 heterocycles. The minimum absolute atomic E-state index is 0.0531. The first-order valence-electron chi connectivity index (χ1n) is 7.65. The van der Waals surface area contributed by atoms with E-state index in [1.54, 1.807) is 26.0 Å². The zero-order valence-electron chi connectivity index (χ0n) is 13.9. The Kier molecular flexibility index (Phi) is 5.78. The Morgan fingerprint density at radius 3 is 2.28 bits per heavy atom. The van der Waals surface area contributed by atoms with E-state index in [1.165, 1.54) is 0 Å². The number of benzene rings is 1. The van der Waals surface area contributed by atoms with Gasteiger partial charge in [0.25, 0.3) is 5.91 Å². The maximum atomic E-state index is 12.0. The summed E-state index contributed by atoms with van der Waals surface area (Å²) in [5, 5.41) is 2.53. The zero-order valence-corrected chi connectivity index (χ0v) is 15.5. The molecule has 9 heteroatoms. The van der Waals surface area contributed by atoms with Crippen LogP contribution in [0.2, 0.25) is 0 Å². The summed E-state index contributed by atoms with van der Waals surface area (Å²) in [4.78, 5) is 48.2. The van der Waals surface area contributed by atoms with Gasteiger partial charge in [-0.2, -0.15) is 0 Å². The van der Waals surface area contributed by atoms with Crippen LogP contribution in [0.3, 0.4) is 0 Å². The summed E-state index contributed by atoms with van der Waals surface area (Å²) < 4.78 is 0.911. The van der Waals surface area contributed by atoms with Crippen LogP contribution in [-0.2, 0) is 20.8 Å². The van der Waals surface area contributed by atoms with Crippen LogP contribution in [-0.4, -0.2) is 40.7 Å². The van der Waals surface area contributed by atoms with E-state index in [4.69, 9.17) is 0 Å². The van der Waals surface area contributed by atoms with Gasteiger partial charge in [0.1, 0.15) is 5.54 Å². The van der Waals surface area contributed by atoms with Gasteiger partial charge in [0.2, 0.25) is 11.8 Å². The average Bonchev–Trinajstić information content (AvgIpc) is 2.73. The first kappa shape index (κ1) is 18.9. The van der Waals surface area contributed by atoms with Crippen LogP contribution in [0.25, 0.3) is 0 Å². The van der Waals surface area contributed by atoms with Crippen LogP contribution in [0.5, 0.6) is 0 Å². The fourth-order valence-corrected chi connectivity index (χ4v) is 2.53. The number of hydrogen-bond acceptors (Lipinski definition) is 4. The van der Waals surface area contributed by atoms with Gasteiger partial charge in [-0.05, 0) is 31.5 Å². The largest absolute Gasteiger partial charge is 0.325 e. The third kappa shape index (κ3) is 5.02. The molecule has 0 bridgehead atoms. The normalized spacial score (nSPS) is 15.7. The van der Waals surface area contributed by atoms with Crippen LogP contribution in [0.4, 0.5) is 4.79 Å². The van der Waals surface area contributed by atoms with E-state index in [2.05, 4.69) is 32.1 Å². The van der Waals surface area contributed by atoms with Gasteiger partial charge in [0, 0.05) is 17.4 Å². The lowest BCUT2D eigenvalue weighted by molar-refractivity contribution is -0.131. The van der Waals surface area contributed by atoms with Crippen molar-refractivity contribution in [3.63, 3.8) is 0 Å². The van der Waals surface area contributed by atoms with Crippen molar-refractivity contribution in [2.45, 2.75) is 32.2 Å². The van der Waals surface area contributed by atoms with Crippen molar-refractivity contribution in [2.24, 2.45) is 0 Å². The van der Waals surface area contributed by atoms with Crippen molar-refractivity contribution in [2.75, 3.05) is 6.54 Å². The Bertz CT molecular complexity index is 703. The number of urea groups is 1. The number of hydrogen-bond donors (Lipinski definition) is 3. The van der Waals surface area contributed by atoms with E-state index in [0.717, 1.165) is 14.9 Å². The van der Waals surface area contributed by atoms with E-state index in [9.17, 15) is 19.2 Å². The number of hydrazine groups is 1. The number of nitrogens with one attached hydrogen (secondary N) is 3. The monoisotopic (exact) mass is 410 g/mol. The molecule has 1 saturated heterocycles. The van der Waals surface area contributed by atoms with Gasteiger partial charge in [0.05, 0.1) is 6.42 Å². The zero-order chi connectivity index (χ0) is 18.6. The molecule has 2 rings (SSSR count). The first-order valence-corrected chi connectivity index (χ1v) is 8.44. The molecule has 0 spiro atoms. The SMILES string of the molecule is CC1(C)NC(=O)N(CCC(=O)NNC(=O)Cc2ccc(Br)cc2)C1=O. The van der Waals surface area contributed by atoms with Crippen LogP contribution >= 0.6 is 15.9 Å². The van der Waals surface area contributed by atoms with Crippen LogP contribution in [0.1, 0.15) is 25.8 Å². The molecule has 134 valence electrons. The highest BCUT2D eigenvalue weighted by Gasteiger charge is 2.43. The molecule has 1 aliphatic rings. The Morgan fingerprint density at radius 2 is 1.72 bits per heavy atom. The highest BCUT2D eigenvalue weighted by molar-refractivity contribution is 9.10. The van der Waals surface area contributed by atoms with Gasteiger partial charge in [-0.25, -0.2) is 4.79 Å². The summed E-state index contributed by atoms with van der Waals surface area (Å²) in [7, 11) is 0. The molecule has 0 atom stereocenters. The standard InChI is InChI=1S/C16H19BrN4O4/c1-16(2)14(24)21(15(25)18-16)8-7-12(22)19-20-13(23)9-10-3-5-11(17)6-4-10/h3-6H,7-9H2,1-2H3,(H,18,25)(H,19,22)(H,20,23). The van der Waals surface area contributed by atoms with Crippen LogP contribution in [0.15, 0.2) is 28.7 Å². The third-order valence-electron chi connectivity index (χ3n) is 3.63. The molecule has 1 aliphatic heterocycles. The van der Waals surface area contributed by atoms with E-state index >= 15 is 0 Å². The van der Waals surface area contributed by atoms with Gasteiger partial charge < -0.3 is 5.32 Å².